The highest BCUT2D eigenvalue weighted by Gasteiger charge is 2.20. The summed E-state index contributed by atoms with van der Waals surface area (Å²) >= 11 is 9.28. The van der Waals surface area contributed by atoms with Gasteiger partial charge in [-0.05, 0) is 59.9 Å². The van der Waals surface area contributed by atoms with Crippen molar-refractivity contribution in [3.63, 3.8) is 0 Å². The Morgan fingerprint density at radius 1 is 1.45 bits per heavy atom. The van der Waals surface area contributed by atoms with Gasteiger partial charge in [0.05, 0.1) is 5.02 Å². The lowest BCUT2D eigenvalue weighted by molar-refractivity contribution is 0.0911. The molecule has 0 atom stereocenters. The van der Waals surface area contributed by atoms with Gasteiger partial charge in [-0.25, -0.2) is 0 Å². The molecule has 0 radical (unpaired) electrons. The lowest BCUT2D eigenvalue weighted by atomic mass is 10.0. The monoisotopic (exact) mass is 358 g/mol. The number of piperidine rings is 1. The van der Waals surface area contributed by atoms with Gasteiger partial charge in [0.15, 0.2) is 0 Å². The molecule has 1 saturated heterocycles. The van der Waals surface area contributed by atoms with Crippen LogP contribution in [0.3, 0.4) is 0 Å². The van der Waals surface area contributed by atoms with E-state index in [9.17, 15) is 4.79 Å². The second-order valence-corrected chi connectivity index (χ2v) is 6.48. The zero-order valence-electron chi connectivity index (χ0n) is 11.7. The minimum absolute atomic E-state index is 0.0173. The van der Waals surface area contributed by atoms with Crippen LogP contribution in [0.5, 0.6) is 0 Å². The molecule has 0 aliphatic carbocycles. The Kier molecular flexibility index (Phi) is 5.87. The summed E-state index contributed by atoms with van der Waals surface area (Å²) in [7, 11) is 0. The van der Waals surface area contributed by atoms with Crippen LogP contribution in [0.4, 0.5) is 0 Å². The number of hydrogen-bond donors (Lipinski definition) is 1. The summed E-state index contributed by atoms with van der Waals surface area (Å²) in [6.07, 6.45) is 3.25. The summed E-state index contributed by atoms with van der Waals surface area (Å²) in [5.74, 6) is -0.0173. The van der Waals surface area contributed by atoms with Crippen LogP contribution in [0, 0.1) is 0 Å². The first kappa shape index (κ1) is 15.8. The molecule has 0 saturated carbocycles. The molecule has 1 aromatic carbocycles. The maximum absolute atomic E-state index is 12.2. The average Bonchev–Trinajstić information content (AvgIpc) is 2.44. The van der Waals surface area contributed by atoms with Crippen molar-refractivity contribution in [1.29, 1.82) is 0 Å². The van der Waals surface area contributed by atoms with E-state index in [2.05, 4.69) is 33.1 Å². The molecule has 0 spiro atoms. The molecule has 1 heterocycles. The zero-order valence-corrected chi connectivity index (χ0v) is 14.0. The van der Waals surface area contributed by atoms with Crippen molar-refractivity contribution < 1.29 is 4.79 Å². The van der Waals surface area contributed by atoms with Gasteiger partial charge in [-0.1, -0.05) is 18.5 Å². The van der Waals surface area contributed by atoms with E-state index in [-0.39, 0.29) is 11.9 Å². The van der Waals surface area contributed by atoms with Gasteiger partial charge in [-0.2, -0.15) is 0 Å². The van der Waals surface area contributed by atoms with Gasteiger partial charge in [-0.3, -0.25) is 4.79 Å². The quantitative estimate of drug-likeness (QED) is 0.889. The first-order valence-electron chi connectivity index (χ1n) is 7.08. The van der Waals surface area contributed by atoms with E-state index in [1.165, 1.54) is 6.42 Å². The average molecular weight is 360 g/mol. The Morgan fingerprint density at radius 3 is 2.75 bits per heavy atom. The van der Waals surface area contributed by atoms with Crippen LogP contribution < -0.4 is 5.32 Å². The second kappa shape index (κ2) is 7.43. The second-order valence-electron chi connectivity index (χ2n) is 5.22. The molecule has 1 aromatic rings. The number of benzene rings is 1. The predicted molar refractivity (Wildman–Crippen MR) is 86.4 cm³/mol. The normalized spacial score (nSPS) is 17.1. The minimum Gasteiger partial charge on any atom is -0.349 e. The molecule has 1 fully saturated rings. The molecule has 1 aliphatic heterocycles. The third kappa shape index (κ3) is 4.21. The highest BCUT2D eigenvalue weighted by atomic mass is 79.9. The lowest BCUT2D eigenvalue weighted by Crippen LogP contribution is -2.44. The van der Waals surface area contributed by atoms with Crippen molar-refractivity contribution in [3.05, 3.63) is 33.3 Å². The van der Waals surface area contributed by atoms with Crippen molar-refractivity contribution >= 4 is 33.4 Å². The molecule has 0 aromatic heterocycles. The number of halogens is 2. The first-order chi connectivity index (χ1) is 9.60. The minimum atomic E-state index is -0.0173. The van der Waals surface area contributed by atoms with Gasteiger partial charge in [0.25, 0.3) is 5.91 Å². The molecule has 0 unspecified atom stereocenters. The molecular weight excluding hydrogens is 340 g/mol. The summed E-state index contributed by atoms with van der Waals surface area (Å²) in [6.45, 7) is 5.50. The number of carbonyl (C=O) groups excluding carboxylic acids is 1. The molecule has 1 aliphatic rings. The van der Waals surface area contributed by atoms with Gasteiger partial charge in [0.1, 0.15) is 0 Å². The van der Waals surface area contributed by atoms with Crippen LogP contribution in [-0.4, -0.2) is 36.5 Å². The van der Waals surface area contributed by atoms with E-state index >= 15 is 0 Å². The molecule has 5 heteroatoms. The van der Waals surface area contributed by atoms with Crippen molar-refractivity contribution in [2.45, 2.75) is 32.2 Å². The molecule has 0 bridgehead atoms. The number of amides is 1. The summed E-state index contributed by atoms with van der Waals surface area (Å²) in [4.78, 5) is 14.7. The molecule has 20 heavy (non-hydrogen) atoms. The Hall–Kier alpha value is -0.580. The Balaban J connectivity index is 1.87. The van der Waals surface area contributed by atoms with Crippen LogP contribution in [0.15, 0.2) is 22.7 Å². The van der Waals surface area contributed by atoms with Crippen molar-refractivity contribution in [1.82, 2.24) is 10.2 Å². The number of likely N-dealkylation sites (tertiary alicyclic amines) is 1. The Morgan fingerprint density at radius 2 is 2.15 bits per heavy atom. The summed E-state index contributed by atoms with van der Waals surface area (Å²) in [5.41, 5.74) is 0.650. The van der Waals surface area contributed by atoms with Crippen LogP contribution in [0.2, 0.25) is 5.02 Å². The predicted octanol–water partition coefficient (Wildman–Crippen LogP) is 3.71. The molecule has 3 nitrogen and oxygen atoms in total. The number of nitrogens with zero attached hydrogens (tertiary/aromatic N) is 1. The van der Waals surface area contributed by atoms with Crippen molar-refractivity contribution in [2.24, 2.45) is 0 Å². The molecule has 1 N–H and O–H groups in total. The van der Waals surface area contributed by atoms with Crippen LogP contribution in [-0.2, 0) is 0 Å². The lowest BCUT2D eigenvalue weighted by Gasteiger charge is -2.32. The van der Waals surface area contributed by atoms with Crippen molar-refractivity contribution in [3.8, 4) is 0 Å². The Bertz CT molecular complexity index is 473. The smallest absolute Gasteiger partial charge is 0.251 e. The number of nitrogens with one attached hydrogen (secondary N) is 1. The standard InChI is InChI=1S/C15H20BrClN2O/c1-2-7-19-8-5-12(6-9-19)18-15(20)11-3-4-14(17)13(16)10-11/h3-4,10,12H,2,5-9H2,1H3,(H,18,20). The first-order valence-corrected chi connectivity index (χ1v) is 8.25. The zero-order chi connectivity index (χ0) is 14.5. The fourth-order valence-electron chi connectivity index (χ4n) is 2.52. The highest BCUT2D eigenvalue weighted by molar-refractivity contribution is 9.10. The van der Waals surface area contributed by atoms with E-state index in [1.807, 2.05) is 0 Å². The Labute approximate surface area is 133 Å². The molecule has 2 rings (SSSR count). The number of carbonyl (C=O) groups is 1. The van der Waals surface area contributed by atoms with Gasteiger partial charge in [0.2, 0.25) is 0 Å². The SMILES string of the molecule is CCCN1CCC(NC(=O)c2ccc(Cl)c(Br)c2)CC1. The topological polar surface area (TPSA) is 32.3 Å². The van der Waals surface area contributed by atoms with E-state index in [0.717, 1.165) is 36.9 Å². The van der Waals surface area contributed by atoms with Crippen LogP contribution in [0.1, 0.15) is 36.5 Å². The van der Waals surface area contributed by atoms with E-state index < -0.39 is 0 Å². The van der Waals surface area contributed by atoms with Gasteiger partial charge >= 0.3 is 0 Å². The van der Waals surface area contributed by atoms with Crippen LogP contribution >= 0.6 is 27.5 Å². The van der Waals surface area contributed by atoms with E-state index in [0.29, 0.717) is 10.6 Å². The molecular formula is C15H20BrClN2O. The van der Waals surface area contributed by atoms with E-state index in [1.54, 1.807) is 18.2 Å². The van der Waals surface area contributed by atoms with Gasteiger partial charge in [-0.15, -0.1) is 0 Å². The van der Waals surface area contributed by atoms with Gasteiger partial charge < -0.3 is 10.2 Å². The summed E-state index contributed by atoms with van der Waals surface area (Å²) in [6, 6.07) is 5.55. The van der Waals surface area contributed by atoms with Gasteiger partial charge in [0, 0.05) is 29.2 Å². The fourth-order valence-corrected chi connectivity index (χ4v) is 3.02. The largest absolute Gasteiger partial charge is 0.349 e. The fraction of sp³-hybridized carbons (Fsp3) is 0.533. The highest BCUT2D eigenvalue weighted by Crippen LogP contribution is 2.23. The molecule has 110 valence electrons. The third-order valence-corrected chi connectivity index (χ3v) is 4.86. The maximum atomic E-state index is 12.2. The molecule has 1 amide bonds. The summed E-state index contributed by atoms with van der Waals surface area (Å²) < 4.78 is 0.754. The van der Waals surface area contributed by atoms with Crippen LogP contribution in [0.25, 0.3) is 0 Å². The summed E-state index contributed by atoms with van der Waals surface area (Å²) in [5, 5.41) is 3.73. The van der Waals surface area contributed by atoms with Crippen molar-refractivity contribution in [2.75, 3.05) is 19.6 Å². The third-order valence-electron chi connectivity index (χ3n) is 3.64. The maximum Gasteiger partial charge on any atom is 0.251 e. The number of hydrogen-bond acceptors (Lipinski definition) is 2. The van der Waals surface area contributed by atoms with E-state index in [4.69, 9.17) is 11.6 Å². The number of rotatable bonds is 4.